The van der Waals surface area contributed by atoms with Gasteiger partial charge in [0.15, 0.2) is 0 Å². The molecular weight excluding hydrogens is 470 g/mol. The Balaban J connectivity index is 1.38. The van der Waals surface area contributed by atoms with E-state index in [0.717, 1.165) is 0 Å². The standard InChI is InChI=1S/C27H54B2N2O6/c1-21(37-20-27(35)15-29-13-25(33)17-31-23-10-6-3-7-11-23)18-36-19-26(34)14-28-12-24(32)16-30-22-8-4-2-5-9-22/h21-27,30-35H,2-20H2,1H3. The van der Waals surface area contributed by atoms with Gasteiger partial charge in [-0.05, 0) is 32.6 Å². The molecule has 5 unspecified atom stereocenters. The Morgan fingerprint density at radius 1 is 0.622 bits per heavy atom. The average Bonchev–Trinajstić information content (AvgIpc) is 2.91. The topological polar surface area (TPSA) is 123 Å². The molecular formula is C27H54B2N2O6. The molecule has 2 fully saturated rings. The van der Waals surface area contributed by atoms with Crippen LogP contribution >= 0.6 is 0 Å². The normalized spacial score (nSPS) is 21.8. The number of rotatable bonds is 21. The summed E-state index contributed by atoms with van der Waals surface area (Å²) in [6, 6.07) is 1.08. The van der Waals surface area contributed by atoms with Crippen molar-refractivity contribution < 1.29 is 29.9 Å². The summed E-state index contributed by atoms with van der Waals surface area (Å²) in [5.41, 5.74) is 0. The van der Waals surface area contributed by atoms with Crippen LogP contribution < -0.4 is 10.6 Å². The first-order valence-corrected chi connectivity index (χ1v) is 14.9. The van der Waals surface area contributed by atoms with Crippen molar-refractivity contribution in [3.05, 3.63) is 0 Å². The second-order valence-corrected chi connectivity index (χ2v) is 11.3. The molecule has 2 radical (unpaired) electrons. The minimum atomic E-state index is -0.611. The lowest BCUT2D eigenvalue weighted by molar-refractivity contribution is -0.0492. The predicted octanol–water partition coefficient (Wildman–Crippen LogP) is 1.78. The maximum atomic E-state index is 10.1. The molecule has 8 nitrogen and oxygen atoms in total. The molecule has 0 spiro atoms. The Morgan fingerprint density at radius 2 is 1.05 bits per heavy atom. The summed E-state index contributed by atoms with van der Waals surface area (Å²) in [7, 11) is 3.86. The molecule has 5 atom stereocenters. The highest BCUT2D eigenvalue weighted by Gasteiger charge is 2.17. The molecule has 0 aliphatic heterocycles. The zero-order chi connectivity index (χ0) is 26.7. The third kappa shape index (κ3) is 17.2. The quantitative estimate of drug-likeness (QED) is 0.126. The van der Waals surface area contributed by atoms with E-state index in [0.29, 0.717) is 57.1 Å². The minimum absolute atomic E-state index is 0.191. The fourth-order valence-corrected chi connectivity index (χ4v) is 5.18. The fraction of sp³-hybridized carbons (Fsp3) is 1.00. The van der Waals surface area contributed by atoms with Crippen LogP contribution in [0.2, 0.25) is 25.3 Å². The Kier molecular flexibility index (Phi) is 18.5. The number of nitrogens with one attached hydrogen (secondary N) is 2. The van der Waals surface area contributed by atoms with Crippen molar-refractivity contribution in [2.75, 3.05) is 32.9 Å². The molecule has 0 aromatic heterocycles. The summed E-state index contributed by atoms with van der Waals surface area (Å²) < 4.78 is 11.2. The minimum Gasteiger partial charge on any atom is -0.393 e. The van der Waals surface area contributed by atoms with E-state index in [1.165, 1.54) is 64.2 Å². The van der Waals surface area contributed by atoms with E-state index in [-0.39, 0.29) is 19.3 Å². The van der Waals surface area contributed by atoms with E-state index in [1.807, 2.05) is 21.5 Å². The first kappa shape index (κ1) is 33.0. The van der Waals surface area contributed by atoms with Crippen LogP contribution in [0.4, 0.5) is 0 Å². The first-order valence-electron chi connectivity index (χ1n) is 14.9. The smallest absolute Gasteiger partial charge is 0.116 e. The summed E-state index contributed by atoms with van der Waals surface area (Å²) in [4.78, 5) is 0. The first-order chi connectivity index (χ1) is 17.9. The number of aliphatic hydroxyl groups is 4. The van der Waals surface area contributed by atoms with Crippen LogP contribution in [-0.4, -0.2) is 110 Å². The van der Waals surface area contributed by atoms with Crippen LogP contribution in [0.15, 0.2) is 0 Å². The van der Waals surface area contributed by atoms with Crippen LogP contribution in [0.25, 0.3) is 0 Å². The molecule has 0 aromatic rings. The van der Waals surface area contributed by atoms with E-state index in [9.17, 15) is 20.4 Å². The van der Waals surface area contributed by atoms with Gasteiger partial charge in [-0.25, -0.2) is 0 Å². The molecule has 2 rings (SSSR count). The average molecular weight is 524 g/mol. The lowest BCUT2D eigenvalue weighted by Crippen LogP contribution is -2.37. The van der Waals surface area contributed by atoms with Crippen molar-refractivity contribution in [3.63, 3.8) is 0 Å². The monoisotopic (exact) mass is 524 g/mol. The van der Waals surface area contributed by atoms with Gasteiger partial charge in [-0.2, -0.15) is 0 Å². The molecule has 0 saturated heterocycles. The Morgan fingerprint density at radius 3 is 1.54 bits per heavy atom. The molecule has 10 heteroatoms. The van der Waals surface area contributed by atoms with Crippen LogP contribution in [-0.2, 0) is 9.47 Å². The van der Waals surface area contributed by atoms with E-state index in [4.69, 9.17) is 9.47 Å². The van der Waals surface area contributed by atoms with Gasteiger partial charge in [-0.15, -0.1) is 0 Å². The Labute approximate surface area is 227 Å². The van der Waals surface area contributed by atoms with Crippen molar-refractivity contribution in [1.29, 1.82) is 0 Å². The third-order valence-electron chi connectivity index (χ3n) is 7.49. The van der Waals surface area contributed by atoms with Crippen LogP contribution in [0.3, 0.4) is 0 Å². The van der Waals surface area contributed by atoms with Gasteiger partial charge in [-0.1, -0.05) is 63.8 Å². The Bertz CT molecular complexity index is 541. The molecule has 6 N–H and O–H groups in total. The highest BCUT2D eigenvalue weighted by atomic mass is 16.5. The van der Waals surface area contributed by atoms with Crippen molar-refractivity contribution in [3.8, 4) is 0 Å². The molecule has 0 heterocycles. The molecule has 2 aliphatic carbocycles. The van der Waals surface area contributed by atoms with E-state index in [1.54, 1.807) is 0 Å². The maximum absolute atomic E-state index is 10.1. The van der Waals surface area contributed by atoms with E-state index >= 15 is 0 Å². The summed E-state index contributed by atoms with van der Waals surface area (Å²) in [6.07, 6.45) is 12.4. The second-order valence-electron chi connectivity index (χ2n) is 11.3. The van der Waals surface area contributed by atoms with Gasteiger partial charge < -0.3 is 40.5 Å². The van der Waals surface area contributed by atoms with Gasteiger partial charge in [0.25, 0.3) is 0 Å². The second kappa shape index (κ2) is 20.7. The van der Waals surface area contributed by atoms with E-state index < -0.39 is 24.4 Å². The van der Waals surface area contributed by atoms with Gasteiger partial charge >= 0.3 is 0 Å². The van der Waals surface area contributed by atoms with Crippen LogP contribution in [0.1, 0.15) is 71.1 Å². The molecule has 0 aromatic carbocycles. The fourth-order valence-electron chi connectivity index (χ4n) is 5.18. The van der Waals surface area contributed by atoms with Crippen molar-refractivity contribution in [2.24, 2.45) is 0 Å². The van der Waals surface area contributed by atoms with Gasteiger partial charge in [0, 0.05) is 25.2 Å². The highest BCUT2D eigenvalue weighted by molar-refractivity contribution is 6.36. The molecule has 0 bridgehead atoms. The van der Waals surface area contributed by atoms with Crippen LogP contribution in [0.5, 0.6) is 0 Å². The molecule has 2 saturated carbocycles. The molecule has 2 aliphatic rings. The third-order valence-corrected chi connectivity index (χ3v) is 7.49. The summed E-state index contributed by atoms with van der Waals surface area (Å²) in [5.74, 6) is 0. The lowest BCUT2D eigenvalue weighted by atomic mass is 9.67. The van der Waals surface area contributed by atoms with Gasteiger partial charge in [0.05, 0.1) is 50.3 Å². The summed E-state index contributed by atoms with van der Waals surface area (Å²) >= 11 is 0. The maximum Gasteiger partial charge on any atom is 0.116 e. The van der Waals surface area contributed by atoms with Crippen LogP contribution in [0, 0.1) is 0 Å². The van der Waals surface area contributed by atoms with Gasteiger partial charge in [-0.3, -0.25) is 0 Å². The van der Waals surface area contributed by atoms with Crippen molar-refractivity contribution in [1.82, 2.24) is 10.6 Å². The predicted molar refractivity (Wildman–Crippen MR) is 151 cm³/mol. The molecule has 37 heavy (non-hydrogen) atoms. The van der Waals surface area contributed by atoms with Crippen molar-refractivity contribution >= 4 is 14.6 Å². The zero-order valence-electron chi connectivity index (χ0n) is 23.2. The Hall–Kier alpha value is -0.190. The lowest BCUT2D eigenvalue weighted by Gasteiger charge is -2.24. The van der Waals surface area contributed by atoms with Gasteiger partial charge in [0.1, 0.15) is 14.6 Å². The molecule has 0 amide bonds. The van der Waals surface area contributed by atoms with Gasteiger partial charge in [0.2, 0.25) is 0 Å². The molecule has 214 valence electrons. The van der Waals surface area contributed by atoms with Crippen molar-refractivity contribution in [2.45, 2.75) is 139 Å². The van der Waals surface area contributed by atoms with E-state index in [2.05, 4.69) is 10.6 Å². The SMILES string of the molecule is CC(COCC(O)C[B]CC(O)CNC1CCCCC1)OCC(O)C[B]CC(O)CNC1CCCCC1. The number of hydrogen-bond donors (Lipinski definition) is 6. The number of ether oxygens (including phenoxy) is 2. The number of aliphatic hydroxyl groups excluding tert-OH is 4. The summed E-state index contributed by atoms with van der Waals surface area (Å²) in [6.45, 7) is 3.84. The number of hydrogen-bond acceptors (Lipinski definition) is 8. The highest BCUT2D eigenvalue weighted by Crippen LogP contribution is 2.18. The zero-order valence-corrected chi connectivity index (χ0v) is 23.2. The summed E-state index contributed by atoms with van der Waals surface area (Å²) in [5, 5.41) is 47.5. The largest absolute Gasteiger partial charge is 0.393 e.